The van der Waals surface area contributed by atoms with Crippen molar-refractivity contribution in [3.63, 3.8) is 0 Å². The fourth-order valence-corrected chi connectivity index (χ4v) is 3.89. The van der Waals surface area contributed by atoms with Crippen LogP contribution in [0, 0.1) is 11.3 Å². The van der Waals surface area contributed by atoms with E-state index in [-0.39, 0.29) is 37.7 Å². The Morgan fingerprint density at radius 1 is 0.902 bits per heavy atom. The first-order chi connectivity index (χ1) is 19.5. The van der Waals surface area contributed by atoms with Crippen molar-refractivity contribution < 1.29 is 19.2 Å². The third-order valence-electron chi connectivity index (χ3n) is 6.05. The Bertz CT molecular complexity index is 1260. The first-order valence-electron chi connectivity index (χ1n) is 12.9. The van der Waals surface area contributed by atoms with Crippen molar-refractivity contribution in [2.45, 2.75) is 31.3 Å². The molecule has 2 rings (SSSR count). The molecule has 2 aromatic rings. The van der Waals surface area contributed by atoms with Gasteiger partial charge in [-0.3, -0.25) is 29.6 Å². The number of aliphatic imine (C=N–C) groups is 1. The highest BCUT2D eigenvalue weighted by molar-refractivity contribution is 6.02. The summed E-state index contributed by atoms with van der Waals surface area (Å²) in [5.41, 5.74) is 23.2. The summed E-state index contributed by atoms with van der Waals surface area (Å²) in [6.07, 6.45) is 2.01. The van der Waals surface area contributed by atoms with Crippen LogP contribution in [0.15, 0.2) is 72.2 Å². The van der Waals surface area contributed by atoms with Crippen LogP contribution in [0.5, 0.6) is 0 Å². The Morgan fingerprint density at radius 2 is 1.56 bits per heavy atom. The van der Waals surface area contributed by atoms with Crippen molar-refractivity contribution in [1.82, 2.24) is 16.0 Å². The molecular weight excluding hydrogens is 526 g/mol. The summed E-state index contributed by atoms with van der Waals surface area (Å²) >= 11 is 0. The second kappa shape index (κ2) is 16.0. The van der Waals surface area contributed by atoms with E-state index in [9.17, 15) is 19.2 Å². The number of guanidine groups is 1. The van der Waals surface area contributed by atoms with Crippen LogP contribution in [0.2, 0.25) is 0 Å². The van der Waals surface area contributed by atoms with Gasteiger partial charge < -0.3 is 38.9 Å². The highest BCUT2D eigenvalue weighted by Crippen LogP contribution is 2.17. The Labute approximate surface area is 238 Å². The van der Waals surface area contributed by atoms with Gasteiger partial charge in [0, 0.05) is 18.7 Å². The summed E-state index contributed by atoms with van der Waals surface area (Å²) in [5.74, 6) is -4.17. The summed E-state index contributed by atoms with van der Waals surface area (Å²) in [7, 11) is 0. The number of primary amides is 1. The number of amidine groups is 1. The molecule has 4 amide bonds. The minimum absolute atomic E-state index is 0.00479. The van der Waals surface area contributed by atoms with E-state index in [1.807, 2.05) is 0 Å². The van der Waals surface area contributed by atoms with Gasteiger partial charge in [0.1, 0.15) is 23.8 Å². The van der Waals surface area contributed by atoms with Crippen LogP contribution in [-0.2, 0) is 25.6 Å². The van der Waals surface area contributed by atoms with Gasteiger partial charge in [-0.2, -0.15) is 0 Å². The van der Waals surface area contributed by atoms with Crippen molar-refractivity contribution in [2.24, 2.45) is 33.8 Å². The van der Waals surface area contributed by atoms with Crippen LogP contribution in [0.3, 0.4) is 0 Å². The van der Waals surface area contributed by atoms with E-state index in [0.717, 1.165) is 0 Å². The van der Waals surface area contributed by atoms with Gasteiger partial charge in [0.2, 0.25) is 23.6 Å². The zero-order valence-electron chi connectivity index (χ0n) is 22.6. The summed E-state index contributed by atoms with van der Waals surface area (Å²) in [6.45, 7) is 3.94. The number of benzene rings is 2. The van der Waals surface area contributed by atoms with Crippen molar-refractivity contribution >= 4 is 35.4 Å². The first-order valence-corrected chi connectivity index (χ1v) is 12.9. The van der Waals surface area contributed by atoms with Crippen molar-refractivity contribution in [2.75, 3.05) is 13.1 Å². The van der Waals surface area contributed by atoms with E-state index in [4.69, 9.17) is 28.3 Å². The fraction of sp³-hybridized carbons (Fsp3) is 0.286. The van der Waals surface area contributed by atoms with Crippen LogP contribution in [-0.4, -0.2) is 54.6 Å². The average molecular weight is 564 g/mol. The molecule has 0 aromatic heterocycles. The SMILES string of the molecule is C=CCNC(=O)C(Cc1ccc(C(=N)N)cc1)C(=O)N[C@H](C(=O)N[C@@H](CCCN=C(N)N)C(N)=O)c1ccccc1. The molecule has 13 nitrogen and oxygen atoms in total. The summed E-state index contributed by atoms with van der Waals surface area (Å²) in [5, 5.41) is 15.4. The summed E-state index contributed by atoms with van der Waals surface area (Å²) in [6, 6.07) is 12.7. The number of nitrogens with one attached hydrogen (secondary N) is 4. The zero-order chi connectivity index (χ0) is 30.4. The molecule has 0 fully saturated rings. The lowest BCUT2D eigenvalue weighted by Gasteiger charge is -2.24. The van der Waals surface area contributed by atoms with Gasteiger partial charge in [0.25, 0.3) is 0 Å². The van der Waals surface area contributed by atoms with E-state index in [1.54, 1.807) is 54.6 Å². The monoisotopic (exact) mass is 563 g/mol. The lowest BCUT2D eigenvalue weighted by atomic mass is 9.95. The molecule has 1 unspecified atom stereocenters. The molecule has 0 aliphatic rings. The number of nitrogens with zero attached hydrogens (tertiary/aromatic N) is 1. The van der Waals surface area contributed by atoms with Crippen LogP contribution in [0.1, 0.15) is 35.6 Å². The summed E-state index contributed by atoms with van der Waals surface area (Å²) < 4.78 is 0. The third kappa shape index (κ3) is 10.5. The van der Waals surface area contributed by atoms with E-state index < -0.39 is 41.6 Å². The van der Waals surface area contributed by atoms with Gasteiger partial charge in [-0.05, 0) is 30.4 Å². The molecule has 0 aliphatic carbocycles. The van der Waals surface area contributed by atoms with Gasteiger partial charge in [0.15, 0.2) is 5.96 Å². The predicted octanol–water partition coefficient (Wildman–Crippen LogP) is -0.687. The molecule has 0 radical (unpaired) electrons. The molecule has 0 bridgehead atoms. The Balaban J connectivity index is 2.30. The van der Waals surface area contributed by atoms with Crippen LogP contribution >= 0.6 is 0 Å². The molecule has 41 heavy (non-hydrogen) atoms. The number of hydrogen-bond acceptors (Lipinski definition) is 6. The molecule has 3 atom stereocenters. The number of hydrogen-bond donors (Lipinski definition) is 8. The van der Waals surface area contributed by atoms with E-state index in [2.05, 4.69) is 27.5 Å². The smallest absolute Gasteiger partial charge is 0.247 e. The van der Waals surface area contributed by atoms with Gasteiger partial charge in [-0.1, -0.05) is 60.7 Å². The summed E-state index contributed by atoms with van der Waals surface area (Å²) in [4.78, 5) is 55.9. The number of nitrogens with two attached hydrogens (primary N) is 4. The third-order valence-corrected chi connectivity index (χ3v) is 6.05. The number of carbonyl (C=O) groups is 4. The van der Waals surface area contributed by atoms with Crippen LogP contribution < -0.4 is 38.9 Å². The normalized spacial score (nSPS) is 12.6. The highest BCUT2D eigenvalue weighted by Gasteiger charge is 2.32. The molecule has 0 saturated heterocycles. The van der Waals surface area contributed by atoms with Crippen LogP contribution in [0.4, 0.5) is 0 Å². The predicted molar refractivity (Wildman–Crippen MR) is 156 cm³/mol. The molecule has 13 heteroatoms. The minimum atomic E-state index is -1.24. The average Bonchev–Trinajstić information content (AvgIpc) is 2.95. The Hall–Kier alpha value is -5.20. The minimum Gasteiger partial charge on any atom is -0.384 e. The van der Waals surface area contributed by atoms with Gasteiger partial charge >= 0.3 is 0 Å². The molecule has 12 N–H and O–H groups in total. The van der Waals surface area contributed by atoms with Gasteiger partial charge in [-0.15, -0.1) is 6.58 Å². The molecule has 0 spiro atoms. The lowest BCUT2D eigenvalue weighted by molar-refractivity contribution is -0.138. The molecule has 0 heterocycles. The standard InChI is InChI=1S/C28H37N9O4/c1-2-14-34-25(39)20(16-17-10-12-19(13-11-17)23(29)30)26(40)37-22(18-7-4-3-5-8-18)27(41)36-21(24(31)38)9-6-15-35-28(32)33/h2-5,7-8,10-13,20-22H,1,6,9,14-16H2,(H3,29,30)(H2,31,38)(H,34,39)(H,36,41)(H,37,40)(H4,32,33,35)/t20?,21-,22-/m0/s1. The maximum atomic E-state index is 13.5. The van der Waals surface area contributed by atoms with Crippen LogP contribution in [0.25, 0.3) is 0 Å². The molecule has 2 aromatic carbocycles. The number of amides is 4. The van der Waals surface area contributed by atoms with Crippen molar-refractivity contribution in [3.05, 3.63) is 83.9 Å². The number of carbonyl (C=O) groups excluding carboxylic acids is 4. The largest absolute Gasteiger partial charge is 0.384 e. The maximum absolute atomic E-state index is 13.5. The van der Waals surface area contributed by atoms with Gasteiger partial charge in [-0.25, -0.2) is 0 Å². The van der Waals surface area contributed by atoms with Gasteiger partial charge in [0.05, 0.1) is 0 Å². The second-order valence-corrected chi connectivity index (χ2v) is 9.17. The van der Waals surface area contributed by atoms with E-state index in [1.165, 1.54) is 6.08 Å². The van der Waals surface area contributed by atoms with Crippen molar-refractivity contribution in [1.29, 1.82) is 5.41 Å². The van der Waals surface area contributed by atoms with Crippen molar-refractivity contribution in [3.8, 4) is 0 Å². The fourth-order valence-electron chi connectivity index (χ4n) is 3.89. The van der Waals surface area contributed by atoms with E-state index >= 15 is 0 Å². The maximum Gasteiger partial charge on any atom is 0.247 e. The zero-order valence-corrected chi connectivity index (χ0v) is 22.6. The highest BCUT2D eigenvalue weighted by atomic mass is 16.2. The molecule has 0 aliphatic heterocycles. The topological polar surface area (TPSA) is 245 Å². The number of nitrogen functional groups attached to an aromatic ring is 1. The first kappa shape index (κ1) is 32.0. The lowest BCUT2D eigenvalue weighted by Crippen LogP contribution is -2.51. The quantitative estimate of drug-likeness (QED) is 0.0429. The molecule has 0 saturated carbocycles. The van der Waals surface area contributed by atoms with E-state index in [0.29, 0.717) is 23.1 Å². The second-order valence-electron chi connectivity index (χ2n) is 9.17. The Morgan fingerprint density at radius 3 is 2.12 bits per heavy atom. The molecule has 218 valence electrons. The Kier molecular flexibility index (Phi) is 12.5. The number of rotatable bonds is 16. The molecular formula is C28H37N9O4.